The van der Waals surface area contributed by atoms with Crippen molar-refractivity contribution in [1.29, 1.82) is 0 Å². The second-order valence-electron chi connectivity index (χ2n) is 5.80. The lowest BCUT2D eigenvalue weighted by Crippen LogP contribution is -2.34. The summed E-state index contributed by atoms with van der Waals surface area (Å²) in [4.78, 5) is 15.8. The predicted octanol–water partition coefficient (Wildman–Crippen LogP) is 3.81. The second-order valence-corrected chi connectivity index (χ2v) is 6.85. The molecule has 21 heavy (non-hydrogen) atoms. The molecule has 2 aliphatic rings. The van der Waals surface area contributed by atoms with Crippen LogP contribution in [0.1, 0.15) is 38.5 Å². The number of nitrogen functional groups attached to an aromatic ring is 1. The fourth-order valence-electron chi connectivity index (χ4n) is 2.79. The van der Waals surface area contributed by atoms with E-state index >= 15 is 0 Å². The maximum Gasteiger partial charge on any atom is 0.237 e. The van der Waals surface area contributed by atoms with E-state index in [-0.39, 0.29) is 5.91 Å². The third-order valence-corrected chi connectivity index (χ3v) is 4.96. The van der Waals surface area contributed by atoms with Gasteiger partial charge in [0.05, 0.1) is 5.75 Å². The number of carbonyl (C=O) groups excluding carboxylic acids is 1. The highest BCUT2D eigenvalue weighted by Crippen LogP contribution is 2.34. The molecule has 1 amide bonds. The Bertz CT molecular complexity index is 551. The number of nitrogens with zero attached hydrogens (tertiary/aromatic N) is 1. The summed E-state index contributed by atoms with van der Waals surface area (Å²) in [7, 11) is 0. The number of hydrogen-bond acceptors (Lipinski definition) is 3. The van der Waals surface area contributed by atoms with Crippen molar-refractivity contribution in [3.05, 3.63) is 36.0 Å². The normalized spacial score (nSPS) is 18.2. The Labute approximate surface area is 130 Å². The number of allylic oxidation sites excluding steroid dienone is 2. The van der Waals surface area contributed by atoms with Gasteiger partial charge in [0, 0.05) is 22.3 Å². The second kappa shape index (κ2) is 6.56. The average Bonchev–Trinajstić information content (AvgIpc) is 3.31. The van der Waals surface area contributed by atoms with E-state index in [0.717, 1.165) is 36.3 Å². The van der Waals surface area contributed by atoms with Crippen LogP contribution in [0.5, 0.6) is 0 Å². The molecule has 0 spiro atoms. The van der Waals surface area contributed by atoms with Crippen molar-refractivity contribution < 1.29 is 4.79 Å². The van der Waals surface area contributed by atoms with Crippen molar-refractivity contribution in [2.24, 2.45) is 0 Å². The molecule has 112 valence electrons. The topological polar surface area (TPSA) is 46.3 Å². The minimum atomic E-state index is 0.248. The van der Waals surface area contributed by atoms with E-state index in [4.69, 9.17) is 5.73 Å². The highest BCUT2D eigenvalue weighted by atomic mass is 32.2. The monoisotopic (exact) mass is 302 g/mol. The van der Waals surface area contributed by atoms with Crippen LogP contribution in [-0.4, -0.2) is 22.6 Å². The zero-order chi connectivity index (χ0) is 14.7. The molecular formula is C17H22N2OS. The number of anilines is 1. The standard InChI is InChI=1S/C17H22N2OS/c18-13-5-4-8-16(11-13)21-12-17(20)19(15-9-10-15)14-6-2-1-3-7-14/h4-6,8,11,15H,1-3,7,9-10,12,18H2. The van der Waals surface area contributed by atoms with E-state index in [9.17, 15) is 4.79 Å². The maximum atomic E-state index is 12.6. The zero-order valence-electron chi connectivity index (χ0n) is 12.3. The van der Waals surface area contributed by atoms with E-state index in [1.165, 1.54) is 18.5 Å². The van der Waals surface area contributed by atoms with E-state index in [2.05, 4.69) is 11.0 Å². The van der Waals surface area contributed by atoms with Crippen LogP contribution >= 0.6 is 11.8 Å². The highest BCUT2D eigenvalue weighted by molar-refractivity contribution is 8.00. The lowest BCUT2D eigenvalue weighted by atomic mass is 10.0. The first-order valence-corrected chi connectivity index (χ1v) is 8.72. The van der Waals surface area contributed by atoms with Crippen LogP contribution in [-0.2, 0) is 4.79 Å². The Morgan fingerprint density at radius 1 is 1.33 bits per heavy atom. The number of amides is 1. The van der Waals surface area contributed by atoms with Crippen molar-refractivity contribution in [3.63, 3.8) is 0 Å². The summed E-state index contributed by atoms with van der Waals surface area (Å²) in [5.41, 5.74) is 7.80. The molecule has 2 N–H and O–H groups in total. The van der Waals surface area contributed by atoms with Crippen LogP contribution in [0.15, 0.2) is 40.9 Å². The van der Waals surface area contributed by atoms with Crippen LogP contribution in [0.3, 0.4) is 0 Å². The first kappa shape index (κ1) is 14.5. The lowest BCUT2D eigenvalue weighted by Gasteiger charge is -2.27. The average molecular weight is 302 g/mol. The van der Waals surface area contributed by atoms with E-state index in [1.54, 1.807) is 11.8 Å². The van der Waals surface area contributed by atoms with Crippen molar-refractivity contribution >= 4 is 23.4 Å². The maximum absolute atomic E-state index is 12.6. The summed E-state index contributed by atoms with van der Waals surface area (Å²) in [6, 6.07) is 8.21. The zero-order valence-corrected chi connectivity index (χ0v) is 13.1. The van der Waals surface area contributed by atoms with Gasteiger partial charge >= 0.3 is 0 Å². The van der Waals surface area contributed by atoms with Gasteiger partial charge in [-0.1, -0.05) is 12.1 Å². The lowest BCUT2D eigenvalue weighted by molar-refractivity contribution is -0.127. The van der Waals surface area contributed by atoms with Gasteiger partial charge in [0.1, 0.15) is 0 Å². The SMILES string of the molecule is Nc1cccc(SCC(=O)N(C2=CCCCC2)C2CC2)c1. The van der Waals surface area contributed by atoms with Crippen molar-refractivity contribution in [1.82, 2.24) is 4.90 Å². The molecule has 1 fully saturated rings. The summed E-state index contributed by atoms with van der Waals surface area (Å²) in [5, 5.41) is 0. The third kappa shape index (κ3) is 3.82. The van der Waals surface area contributed by atoms with Gasteiger partial charge in [0.15, 0.2) is 0 Å². The molecule has 0 atom stereocenters. The van der Waals surface area contributed by atoms with E-state index in [1.807, 2.05) is 24.3 Å². The van der Waals surface area contributed by atoms with Gasteiger partial charge in [0.25, 0.3) is 0 Å². The number of nitrogens with two attached hydrogens (primary N) is 1. The molecule has 1 saturated carbocycles. The predicted molar refractivity (Wildman–Crippen MR) is 88.0 cm³/mol. The Balaban J connectivity index is 1.63. The Morgan fingerprint density at radius 2 is 2.19 bits per heavy atom. The Morgan fingerprint density at radius 3 is 2.86 bits per heavy atom. The van der Waals surface area contributed by atoms with Crippen LogP contribution in [0.4, 0.5) is 5.69 Å². The Kier molecular flexibility index (Phi) is 4.54. The van der Waals surface area contributed by atoms with Crippen LogP contribution < -0.4 is 5.73 Å². The molecule has 3 rings (SSSR count). The molecule has 2 aliphatic carbocycles. The van der Waals surface area contributed by atoms with Crippen LogP contribution in [0.2, 0.25) is 0 Å². The van der Waals surface area contributed by atoms with Crippen molar-refractivity contribution in [2.45, 2.75) is 49.5 Å². The number of benzene rings is 1. The van der Waals surface area contributed by atoms with Crippen LogP contribution in [0, 0.1) is 0 Å². The number of hydrogen-bond donors (Lipinski definition) is 1. The molecule has 0 aromatic heterocycles. The molecule has 0 aliphatic heterocycles. The van der Waals surface area contributed by atoms with Gasteiger partial charge < -0.3 is 10.6 Å². The number of carbonyl (C=O) groups is 1. The summed E-state index contributed by atoms with van der Waals surface area (Å²) >= 11 is 1.58. The molecule has 1 aromatic rings. The van der Waals surface area contributed by atoms with Gasteiger partial charge in [-0.15, -0.1) is 11.8 Å². The molecule has 0 bridgehead atoms. The fourth-order valence-corrected chi connectivity index (χ4v) is 3.61. The van der Waals surface area contributed by atoms with Gasteiger partial charge in [-0.05, 0) is 56.7 Å². The first-order chi connectivity index (χ1) is 10.2. The molecule has 3 nitrogen and oxygen atoms in total. The minimum Gasteiger partial charge on any atom is -0.399 e. The molecule has 1 aromatic carbocycles. The quantitative estimate of drug-likeness (QED) is 0.664. The van der Waals surface area contributed by atoms with Gasteiger partial charge in [0.2, 0.25) is 5.91 Å². The van der Waals surface area contributed by atoms with Crippen molar-refractivity contribution in [2.75, 3.05) is 11.5 Å². The molecule has 0 saturated heterocycles. The number of thioether (sulfide) groups is 1. The molecule has 0 radical (unpaired) electrons. The van der Waals surface area contributed by atoms with Crippen molar-refractivity contribution in [3.8, 4) is 0 Å². The van der Waals surface area contributed by atoms with E-state index < -0.39 is 0 Å². The minimum absolute atomic E-state index is 0.248. The largest absolute Gasteiger partial charge is 0.399 e. The summed E-state index contributed by atoms with van der Waals surface area (Å²) in [5.74, 6) is 0.746. The van der Waals surface area contributed by atoms with Crippen LogP contribution in [0.25, 0.3) is 0 Å². The van der Waals surface area contributed by atoms with Gasteiger partial charge in [-0.25, -0.2) is 0 Å². The Hall–Kier alpha value is -1.42. The third-order valence-electron chi connectivity index (χ3n) is 3.98. The smallest absolute Gasteiger partial charge is 0.237 e. The highest BCUT2D eigenvalue weighted by Gasteiger charge is 2.34. The molecule has 0 heterocycles. The summed E-state index contributed by atoms with van der Waals surface area (Å²) in [6.07, 6.45) is 9.24. The first-order valence-electron chi connectivity index (χ1n) is 7.73. The fraction of sp³-hybridized carbons (Fsp3) is 0.471. The van der Waals surface area contributed by atoms with Gasteiger partial charge in [-0.3, -0.25) is 4.79 Å². The summed E-state index contributed by atoms with van der Waals surface area (Å²) in [6.45, 7) is 0. The molecular weight excluding hydrogens is 280 g/mol. The molecule has 4 heteroatoms. The van der Waals surface area contributed by atoms with Gasteiger partial charge in [-0.2, -0.15) is 0 Å². The molecule has 0 unspecified atom stereocenters. The van der Waals surface area contributed by atoms with E-state index in [0.29, 0.717) is 11.8 Å². The number of rotatable bonds is 5. The summed E-state index contributed by atoms with van der Waals surface area (Å²) < 4.78 is 0.